The number of imidazole rings is 1. The molecular formula is C10H10N2O2. The Morgan fingerprint density at radius 2 is 1.93 bits per heavy atom. The summed E-state index contributed by atoms with van der Waals surface area (Å²) < 4.78 is 0.817. The van der Waals surface area contributed by atoms with Crippen LogP contribution in [0.4, 0.5) is 0 Å². The van der Waals surface area contributed by atoms with Crippen LogP contribution >= 0.6 is 0 Å². The molecule has 1 unspecified atom stereocenters. The number of rotatable bonds is 2. The van der Waals surface area contributed by atoms with E-state index in [1.807, 2.05) is 18.2 Å². The van der Waals surface area contributed by atoms with Crippen molar-refractivity contribution < 1.29 is 10.3 Å². The lowest BCUT2D eigenvalue weighted by atomic mass is 10.1. The molecule has 0 spiro atoms. The molecule has 0 radical (unpaired) electrons. The molecule has 0 saturated carbocycles. The lowest BCUT2D eigenvalue weighted by Crippen LogP contribution is -2.07. The van der Waals surface area contributed by atoms with E-state index in [9.17, 15) is 10.3 Å². The highest BCUT2D eigenvalue weighted by Gasteiger charge is 2.15. The topological polar surface area (TPSA) is 58.3 Å². The van der Waals surface area contributed by atoms with Crippen molar-refractivity contribution in [3.63, 3.8) is 0 Å². The SMILES string of the molecule is OC(c1ccccc1)c1nccn1O. The molecule has 0 fully saturated rings. The van der Waals surface area contributed by atoms with Gasteiger partial charge in [-0.2, -0.15) is 4.73 Å². The Labute approximate surface area is 81.0 Å². The van der Waals surface area contributed by atoms with Crippen LogP contribution in [0, 0.1) is 0 Å². The third-order valence-electron chi connectivity index (χ3n) is 2.01. The first-order chi connectivity index (χ1) is 6.79. The summed E-state index contributed by atoms with van der Waals surface area (Å²) in [5.74, 6) is 0.219. The predicted octanol–water partition coefficient (Wildman–Crippen LogP) is 1.20. The minimum absolute atomic E-state index is 0.219. The van der Waals surface area contributed by atoms with Gasteiger partial charge >= 0.3 is 0 Å². The predicted molar refractivity (Wildman–Crippen MR) is 49.9 cm³/mol. The normalized spacial score (nSPS) is 12.6. The Morgan fingerprint density at radius 3 is 2.50 bits per heavy atom. The molecule has 1 aromatic carbocycles. The number of aliphatic hydroxyl groups is 1. The molecule has 2 N–H and O–H groups in total. The number of hydrogen-bond acceptors (Lipinski definition) is 3. The fourth-order valence-electron chi connectivity index (χ4n) is 1.29. The van der Waals surface area contributed by atoms with E-state index < -0.39 is 6.10 Å². The van der Waals surface area contributed by atoms with Crippen LogP contribution in [-0.2, 0) is 0 Å². The zero-order chi connectivity index (χ0) is 9.97. The van der Waals surface area contributed by atoms with Crippen molar-refractivity contribution in [2.75, 3.05) is 0 Å². The molecule has 72 valence electrons. The van der Waals surface area contributed by atoms with Crippen LogP contribution in [0.3, 0.4) is 0 Å². The highest BCUT2D eigenvalue weighted by Crippen LogP contribution is 2.18. The third kappa shape index (κ3) is 1.47. The fourth-order valence-corrected chi connectivity index (χ4v) is 1.29. The zero-order valence-electron chi connectivity index (χ0n) is 7.41. The fraction of sp³-hybridized carbons (Fsp3) is 0.100. The molecule has 0 saturated heterocycles. The van der Waals surface area contributed by atoms with E-state index in [0.717, 1.165) is 4.73 Å². The molecule has 0 bridgehead atoms. The minimum Gasteiger partial charge on any atom is -0.427 e. The van der Waals surface area contributed by atoms with Gasteiger partial charge in [-0.15, -0.1) is 0 Å². The number of benzene rings is 1. The smallest absolute Gasteiger partial charge is 0.177 e. The van der Waals surface area contributed by atoms with Gasteiger partial charge in [-0.05, 0) is 5.56 Å². The van der Waals surface area contributed by atoms with E-state index in [-0.39, 0.29) is 5.82 Å². The summed E-state index contributed by atoms with van der Waals surface area (Å²) in [5.41, 5.74) is 0.703. The van der Waals surface area contributed by atoms with Gasteiger partial charge in [0.15, 0.2) is 5.82 Å². The van der Waals surface area contributed by atoms with Crippen molar-refractivity contribution >= 4 is 0 Å². The Morgan fingerprint density at radius 1 is 1.21 bits per heavy atom. The number of aromatic nitrogens is 2. The molecule has 2 aromatic rings. The second-order valence-electron chi connectivity index (χ2n) is 2.94. The summed E-state index contributed by atoms with van der Waals surface area (Å²) in [6, 6.07) is 9.06. The first-order valence-electron chi connectivity index (χ1n) is 4.24. The van der Waals surface area contributed by atoms with Gasteiger partial charge in [0, 0.05) is 6.20 Å². The van der Waals surface area contributed by atoms with Crippen LogP contribution < -0.4 is 0 Å². The quantitative estimate of drug-likeness (QED) is 0.699. The Kier molecular flexibility index (Phi) is 2.20. The maximum Gasteiger partial charge on any atom is 0.177 e. The number of hydrogen-bond donors (Lipinski definition) is 2. The van der Waals surface area contributed by atoms with E-state index in [1.165, 1.54) is 12.4 Å². The van der Waals surface area contributed by atoms with Crippen LogP contribution in [0.5, 0.6) is 0 Å². The van der Waals surface area contributed by atoms with Crippen LogP contribution in [0.25, 0.3) is 0 Å². The van der Waals surface area contributed by atoms with Gasteiger partial charge in [-0.3, -0.25) is 0 Å². The van der Waals surface area contributed by atoms with E-state index in [4.69, 9.17) is 0 Å². The molecule has 1 aromatic heterocycles. The summed E-state index contributed by atoms with van der Waals surface area (Å²) in [6.45, 7) is 0. The number of aliphatic hydroxyl groups excluding tert-OH is 1. The van der Waals surface area contributed by atoms with Crippen LogP contribution in [0.15, 0.2) is 42.7 Å². The molecule has 1 atom stereocenters. The second kappa shape index (κ2) is 3.51. The first kappa shape index (κ1) is 8.77. The van der Waals surface area contributed by atoms with E-state index in [1.54, 1.807) is 12.1 Å². The standard InChI is InChI=1S/C10H10N2O2/c13-9(8-4-2-1-3-5-8)10-11-6-7-12(10)14/h1-7,9,13-14H. The summed E-state index contributed by atoms with van der Waals surface area (Å²) >= 11 is 0. The highest BCUT2D eigenvalue weighted by molar-refractivity contribution is 5.22. The van der Waals surface area contributed by atoms with Gasteiger partial charge in [0.05, 0.1) is 6.20 Å². The van der Waals surface area contributed by atoms with Gasteiger partial charge < -0.3 is 10.3 Å². The maximum atomic E-state index is 9.82. The minimum atomic E-state index is -0.892. The highest BCUT2D eigenvalue weighted by atomic mass is 16.5. The summed E-state index contributed by atoms with van der Waals surface area (Å²) in [6.07, 6.45) is 1.92. The number of nitrogens with zero attached hydrogens (tertiary/aromatic N) is 2. The van der Waals surface area contributed by atoms with Gasteiger partial charge in [0.2, 0.25) is 0 Å². The van der Waals surface area contributed by atoms with Crippen LogP contribution in [-0.4, -0.2) is 20.0 Å². The molecule has 4 nitrogen and oxygen atoms in total. The van der Waals surface area contributed by atoms with Crippen molar-refractivity contribution in [2.24, 2.45) is 0 Å². The molecule has 1 heterocycles. The average Bonchev–Trinajstić information content (AvgIpc) is 2.65. The third-order valence-corrected chi connectivity index (χ3v) is 2.01. The summed E-state index contributed by atoms with van der Waals surface area (Å²) in [5, 5.41) is 19.1. The lowest BCUT2D eigenvalue weighted by molar-refractivity contribution is 0.130. The van der Waals surface area contributed by atoms with Gasteiger partial charge in [0.1, 0.15) is 6.10 Å². The second-order valence-corrected chi connectivity index (χ2v) is 2.94. The van der Waals surface area contributed by atoms with Gasteiger partial charge in [0.25, 0.3) is 0 Å². The first-order valence-corrected chi connectivity index (χ1v) is 4.24. The van der Waals surface area contributed by atoms with E-state index in [2.05, 4.69) is 4.98 Å². The monoisotopic (exact) mass is 190 g/mol. The molecule has 2 rings (SSSR count). The summed E-state index contributed by atoms with van der Waals surface area (Å²) in [4.78, 5) is 3.86. The molecule has 14 heavy (non-hydrogen) atoms. The Balaban J connectivity index is 2.34. The molecule has 0 aliphatic heterocycles. The lowest BCUT2D eigenvalue weighted by Gasteiger charge is -2.09. The molecular weight excluding hydrogens is 180 g/mol. The summed E-state index contributed by atoms with van der Waals surface area (Å²) in [7, 11) is 0. The molecule has 0 amide bonds. The van der Waals surface area contributed by atoms with Crippen molar-refractivity contribution in [2.45, 2.75) is 6.10 Å². The van der Waals surface area contributed by atoms with Crippen molar-refractivity contribution in [3.05, 3.63) is 54.1 Å². The Bertz CT molecular complexity index is 411. The van der Waals surface area contributed by atoms with Crippen molar-refractivity contribution in [1.29, 1.82) is 0 Å². The van der Waals surface area contributed by atoms with E-state index in [0.29, 0.717) is 5.56 Å². The zero-order valence-corrected chi connectivity index (χ0v) is 7.41. The van der Waals surface area contributed by atoms with Crippen molar-refractivity contribution in [1.82, 2.24) is 9.71 Å². The van der Waals surface area contributed by atoms with Gasteiger partial charge in [-0.1, -0.05) is 30.3 Å². The average molecular weight is 190 g/mol. The maximum absolute atomic E-state index is 9.82. The van der Waals surface area contributed by atoms with Gasteiger partial charge in [-0.25, -0.2) is 4.98 Å². The van der Waals surface area contributed by atoms with E-state index >= 15 is 0 Å². The molecule has 4 heteroatoms. The van der Waals surface area contributed by atoms with Crippen LogP contribution in [0.1, 0.15) is 17.5 Å². The molecule has 0 aliphatic rings. The largest absolute Gasteiger partial charge is 0.427 e. The molecule has 0 aliphatic carbocycles. The van der Waals surface area contributed by atoms with Crippen molar-refractivity contribution in [3.8, 4) is 0 Å². The Hall–Kier alpha value is -1.81. The van der Waals surface area contributed by atoms with Crippen LogP contribution in [0.2, 0.25) is 0 Å².